The van der Waals surface area contributed by atoms with Crippen molar-refractivity contribution in [2.24, 2.45) is 0 Å². The summed E-state index contributed by atoms with van der Waals surface area (Å²) in [7, 11) is 0. The van der Waals surface area contributed by atoms with Gasteiger partial charge in [-0.25, -0.2) is 4.98 Å². The minimum Gasteiger partial charge on any atom is -0.353 e. The van der Waals surface area contributed by atoms with Crippen LogP contribution >= 0.6 is 23.2 Å². The summed E-state index contributed by atoms with van der Waals surface area (Å²) in [5, 5.41) is 4.86. The molecule has 0 spiro atoms. The van der Waals surface area contributed by atoms with Crippen LogP contribution in [0, 0.1) is 6.92 Å². The molecule has 3 nitrogen and oxygen atoms in total. The normalized spacial score (nSPS) is 15.8. The molecule has 0 atom stereocenters. The summed E-state index contributed by atoms with van der Waals surface area (Å²) in [6, 6.07) is 5.98. The Morgan fingerprint density at radius 1 is 1.25 bits per heavy atom. The second kappa shape index (κ2) is 5.66. The van der Waals surface area contributed by atoms with E-state index in [2.05, 4.69) is 10.3 Å². The minimum absolute atomic E-state index is 0.508. The number of nitrogens with one attached hydrogen (secondary N) is 1. The number of hydrogen-bond donors (Lipinski definition) is 1. The Morgan fingerprint density at radius 2 is 2.00 bits per heavy atom. The first kappa shape index (κ1) is 13.8. The maximum Gasteiger partial charge on any atom is 0.208 e. The fraction of sp³-hybridized carbons (Fsp3) is 0.400. The molecule has 0 amide bonds. The first-order valence-corrected chi connectivity index (χ1v) is 7.67. The van der Waals surface area contributed by atoms with Gasteiger partial charge in [-0.2, -0.15) is 0 Å². The summed E-state index contributed by atoms with van der Waals surface area (Å²) in [6.45, 7) is 1.98. The topological polar surface area (TPSA) is 29.9 Å². The molecule has 3 rings (SSSR count). The van der Waals surface area contributed by atoms with Gasteiger partial charge in [0.25, 0.3) is 0 Å². The third kappa shape index (κ3) is 2.79. The van der Waals surface area contributed by atoms with E-state index in [9.17, 15) is 0 Å². The molecule has 0 bridgehead atoms. The SMILES string of the molecule is Cc1cn(-c2cc(Cl)ccc2Cl)c(NC2CCCC2)n1. The van der Waals surface area contributed by atoms with Crippen molar-refractivity contribution in [1.29, 1.82) is 0 Å². The zero-order valence-electron chi connectivity index (χ0n) is 11.4. The Morgan fingerprint density at radius 3 is 2.75 bits per heavy atom. The fourth-order valence-electron chi connectivity index (χ4n) is 2.71. The number of nitrogens with zero attached hydrogens (tertiary/aromatic N) is 2. The second-order valence-corrected chi connectivity index (χ2v) is 6.14. The van der Waals surface area contributed by atoms with Crippen LogP contribution in [0.15, 0.2) is 24.4 Å². The zero-order chi connectivity index (χ0) is 14.1. The van der Waals surface area contributed by atoms with Gasteiger partial charge in [-0.3, -0.25) is 4.57 Å². The molecule has 0 unspecified atom stereocenters. The highest BCUT2D eigenvalue weighted by molar-refractivity contribution is 6.34. The second-order valence-electron chi connectivity index (χ2n) is 5.30. The molecule has 1 aromatic carbocycles. The van der Waals surface area contributed by atoms with Crippen LogP contribution in [-0.4, -0.2) is 15.6 Å². The van der Waals surface area contributed by atoms with E-state index in [-0.39, 0.29) is 0 Å². The Hall–Kier alpha value is -1.19. The predicted octanol–water partition coefficient (Wildman–Crippen LogP) is 4.84. The van der Waals surface area contributed by atoms with Crippen LogP contribution in [0.4, 0.5) is 5.95 Å². The number of halogens is 2. The summed E-state index contributed by atoms with van der Waals surface area (Å²) < 4.78 is 1.99. The van der Waals surface area contributed by atoms with Crippen LogP contribution in [0.25, 0.3) is 5.69 Å². The molecule has 1 aliphatic carbocycles. The fourth-order valence-corrected chi connectivity index (χ4v) is 3.08. The highest BCUT2D eigenvalue weighted by atomic mass is 35.5. The first-order chi connectivity index (χ1) is 9.63. The number of imidazole rings is 1. The number of anilines is 1. The smallest absolute Gasteiger partial charge is 0.208 e. The van der Waals surface area contributed by atoms with Crippen molar-refractivity contribution in [3.05, 3.63) is 40.1 Å². The van der Waals surface area contributed by atoms with Crippen molar-refractivity contribution < 1.29 is 0 Å². The number of aromatic nitrogens is 2. The van der Waals surface area contributed by atoms with E-state index in [0.717, 1.165) is 17.3 Å². The average molecular weight is 310 g/mol. The molecule has 2 aromatic rings. The largest absolute Gasteiger partial charge is 0.353 e. The molecule has 1 fully saturated rings. The Labute approximate surface area is 128 Å². The molecule has 1 saturated carbocycles. The maximum absolute atomic E-state index is 6.29. The number of benzene rings is 1. The van der Waals surface area contributed by atoms with E-state index in [1.54, 1.807) is 6.07 Å². The first-order valence-electron chi connectivity index (χ1n) is 6.91. The van der Waals surface area contributed by atoms with Gasteiger partial charge in [0.2, 0.25) is 5.95 Å². The van der Waals surface area contributed by atoms with E-state index in [1.165, 1.54) is 25.7 Å². The lowest BCUT2D eigenvalue weighted by molar-refractivity contribution is 0.740. The summed E-state index contributed by atoms with van der Waals surface area (Å²) in [5.41, 5.74) is 1.82. The number of rotatable bonds is 3. The molecule has 1 aliphatic rings. The molecule has 0 saturated heterocycles. The highest BCUT2D eigenvalue weighted by Gasteiger charge is 2.18. The molecule has 106 valence electrons. The Balaban J connectivity index is 1.97. The molecule has 1 aromatic heterocycles. The van der Waals surface area contributed by atoms with Crippen LogP contribution in [0.2, 0.25) is 10.0 Å². The van der Waals surface area contributed by atoms with E-state index in [0.29, 0.717) is 16.1 Å². The highest BCUT2D eigenvalue weighted by Crippen LogP contribution is 2.29. The van der Waals surface area contributed by atoms with Crippen LogP contribution in [-0.2, 0) is 0 Å². The molecular formula is C15H17Cl2N3. The standard InChI is InChI=1S/C15H17Cl2N3/c1-10-9-20(14-8-11(16)6-7-13(14)17)15(18-10)19-12-4-2-3-5-12/h6-9,12H,2-5H2,1H3,(H,18,19). The van der Waals surface area contributed by atoms with Crippen LogP contribution in [0.1, 0.15) is 31.4 Å². The van der Waals surface area contributed by atoms with Crippen molar-refractivity contribution >= 4 is 29.2 Å². The van der Waals surface area contributed by atoms with Gasteiger partial charge in [0.15, 0.2) is 0 Å². The monoisotopic (exact) mass is 309 g/mol. The summed E-state index contributed by atoms with van der Waals surface area (Å²) in [6.07, 6.45) is 6.96. The van der Waals surface area contributed by atoms with Crippen molar-refractivity contribution in [3.8, 4) is 5.69 Å². The van der Waals surface area contributed by atoms with E-state index in [1.807, 2.05) is 29.8 Å². The Bertz CT molecular complexity index is 616. The third-order valence-electron chi connectivity index (χ3n) is 3.68. The Kier molecular flexibility index (Phi) is 3.90. The summed E-state index contributed by atoms with van der Waals surface area (Å²) in [4.78, 5) is 4.57. The molecule has 0 radical (unpaired) electrons. The lowest BCUT2D eigenvalue weighted by Crippen LogP contribution is -2.17. The van der Waals surface area contributed by atoms with Gasteiger partial charge < -0.3 is 5.32 Å². The van der Waals surface area contributed by atoms with Gasteiger partial charge >= 0.3 is 0 Å². The van der Waals surface area contributed by atoms with Crippen molar-refractivity contribution in [2.45, 2.75) is 38.6 Å². The summed E-state index contributed by atoms with van der Waals surface area (Å²) in [5.74, 6) is 0.846. The van der Waals surface area contributed by atoms with Gasteiger partial charge in [0.05, 0.1) is 16.4 Å². The predicted molar refractivity (Wildman–Crippen MR) is 84.2 cm³/mol. The molecular weight excluding hydrogens is 293 g/mol. The van der Waals surface area contributed by atoms with Crippen LogP contribution in [0.5, 0.6) is 0 Å². The van der Waals surface area contributed by atoms with Crippen molar-refractivity contribution in [1.82, 2.24) is 9.55 Å². The lowest BCUT2D eigenvalue weighted by Gasteiger charge is -2.15. The van der Waals surface area contributed by atoms with Crippen molar-refractivity contribution in [3.63, 3.8) is 0 Å². The average Bonchev–Trinajstić information content (AvgIpc) is 3.03. The molecule has 0 aliphatic heterocycles. The van der Waals surface area contributed by atoms with Gasteiger partial charge in [-0.1, -0.05) is 36.0 Å². The van der Waals surface area contributed by atoms with Gasteiger partial charge in [0.1, 0.15) is 0 Å². The zero-order valence-corrected chi connectivity index (χ0v) is 12.9. The van der Waals surface area contributed by atoms with E-state index < -0.39 is 0 Å². The van der Waals surface area contributed by atoms with Gasteiger partial charge in [-0.05, 0) is 38.0 Å². The minimum atomic E-state index is 0.508. The van der Waals surface area contributed by atoms with Crippen molar-refractivity contribution in [2.75, 3.05) is 5.32 Å². The van der Waals surface area contributed by atoms with E-state index >= 15 is 0 Å². The number of hydrogen-bond acceptors (Lipinski definition) is 2. The molecule has 1 heterocycles. The maximum atomic E-state index is 6.29. The summed E-state index contributed by atoms with van der Waals surface area (Å²) >= 11 is 12.4. The van der Waals surface area contributed by atoms with Crippen LogP contribution < -0.4 is 5.32 Å². The molecule has 5 heteroatoms. The van der Waals surface area contributed by atoms with E-state index in [4.69, 9.17) is 23.2 Å². The van der Waals surface area contributed by atoms with Gasteiger partial charge in [-0.15, -0.1) is 0 Å². The molecule has 1 N–H and O–H groups in total. The van der Waals surface area contributed by atoms with Gasteiger partial charge in [0, 0.05) is 17.3 Å². The quantitative estimate of drug-likeness (QED) is 0.879. The van der Waals surface area contributed by atoms with Crippen LogP contribution in [0.3, 0.4) is 0 Å². The third-order valence-corrected chi connectivity index (χ3v) is 4.24. The molecule has 20 heavy (non-hydrogen) atoms. The lowest BCUT2D eigenvalue weighted by atomic mass is 10.2. The number of aryl methyl sites for hydroxylation is 1.